The second kappa shape index (κ2) is 9.59. The molecule has 2 heterocycles. The number of piperazine rings is 1. The Morgan fingerprint density at radius 2 is 1.89 bits per heavy atom. The zero-order chi connectivity index (χ0) is 19.9. The van der Waals surface area contributed by atoms with Crippen molar-refractivity contribution in [1.29, 1.82) is 0 Å². The smallest absolute Gasteiger partial charge is 0.317 e. The van der Waals surface area contributed by atoms with E-state index in [1.165, 1.54) is 0 Å². The summed E-state index contributed by atoms with van der Waals surface area (Å²) in [6.45, 7) is 11.2. The summed E-state index contributed by atoms with van der Waals surface area (Å²) < 4.78 is 11.4. The maximum absolute atomic E-state index is 12.1. The van der Waals surface area contributed by atoms with E-state index in [1.54, 1.807) is 0 Å². The van der Waals surface area contributed by atoms with Crippen LogP contribution < -0.4 is 10.1 Å². The minimum atomic E-state index is 0.0388. The van der Waals surface area contributed by atoms with Gasteiger partial charge in [-0.1, -0.05) is 6.92 Å². The summed E-state index contributed by atoms with van der Waals surface area (Å²) in [5, 5.41) is 2.94. The number of aryl methyl sites for hydroxylation is 1. The summed E-state index contributed by atoms with van der Waals surface area (Å²) in [7, 11) is 0. The van der Waals surface area contributed by atoms with Crippen molar-refractivity contribution in [2.45, 2.75) is 33.7 Å². The molecule has 1 aliphatic rings. The van der Waals surface area contributed by atoms with E-state index in [4.69, 9.17) is 14.1 Å². The quantitative estimate of drug-likeness (QED) is 0.791. The second-order valence-electron chi connectivity index (χ2n) is 6.97. The molecule has 1 N–H and O–H groups in total. The van der Waals surface area contributed by atoms with Crippen LogP contribution in [0, 0.1) is 6.92 Å². The third-order valence-corrected chi connectivity index (χ3v) is 4.86. The van der Waals surface area contributed by atoms with Gasteiger partial charge in [-0.15, -0.1) is 0 Å². The fourth-order valence-electron chi connectivity index (χ4n) is 3.22. The molecule has 7 heteroatoms. The Hall–Kier alpha value is -2.54. The molecule has 1 aliphatic heterocycles. The molecule has 0 saturated carbocycles. The molecule has 3 rings (SSSR count). The molecule has 7 nitrogen and oxygen atoms in total. The first kappa shape index (κ1) is 20.2. The van der Waals surface area contributed by atoms with Crippen LogP contribution in [0.1, 0.15) is 31.7 Å². The molecular weight excluding hydrogens is 356 g/mol. The zero-order valence-electron chi connectivity index (χ0n) is 17.0. The molecular formula is C21H30N4O3. The Morgan fingerprint density at radius 1 is 1.18 bits per heavy atom. The molecule has 1 aromatic carbocycles. The molecule has 0 spiro atoms. The molecule has 1 fully saturated rings. The highest BCUT2D eigenvalue weighted by atomic mass is 16.5. The maximum Gasteiger partial charge on any atom is 0.317 e. The Bertz CT molecular complexity index is 764. The van der Waals surface area contributed by atoms with E-state index in [0.717, 1.165) is 68.5 Å². The van der Waals surface area contributed by atoms with Crippen molar-refractivity contribution < 1.29 is 13.9 Å². The number of hydrogen-bond acceptors (Lipinski definition) is 5. The van der Waals surface area contributed by atoms with Gasteiger partial charge in [0.05, 0.1) is 12.3 Å². The molecule has 0 atom stereocenters. The van der Waals surface area contributed by atoms with Crippen LogP contribution in [-0.4, -0.2) is 60.1 Å². The number of benzene rings is 1. The van der Waals surface area contributed by atoms with Crippen molar-refractivity contribution in [3.05, 3.63) is 35.7 Å². The number of carbonyl (C=O) groups excluding carboxylic acids is 1. The number of nitrogens with zero attached hydrogens (tertiary/aromatic N) is 3. The average Bonchev–Trinajstić information content (AvgIpc) is 3.08. The van der Waals surface area contributed by atoms with Gasteiger partial charge in [-0.3, -0.25) is 4.90 Å². The Morgan fingerprint density at radius 3 is 2.54 bits per heavy atom. The molecule has 152 valence electrons. The largest absolute Gasteiger partial charge is 0.494 e. The Labute approximate surface area is 166 Å². The number of nitrogens with one attached hydrogen (secondary N) is 1. The summed E-state index contributed by atoms with van der Waals surface area (Å²) in [5.41, 5.74) is 1.89. The highest BCUT2D eigenvalue weighted by Gasteiger charge is 2.22. The van der Waals surface area contributed by atoms with Crippen LogP contribution in [0.4, 0.5) is 4.79 Å². The molecule has 1 saturated heterocycles. The lowest BCUT2D eigenvalue weighted by atomic mass is 10.2. The van der Waals surface area contributed by atoms with Gasteiger partial charge in [0.2, 0.25) is 5.89 Å². The standard InChI is InChI=1S/C21H30N4O3/c1-4-10-22-21(26)25-13-11-24(12-14-25)15-19-16(3)28-20(23-19)17-6-8-18(9-7-17)27-5-2/h6-9H,4-5,10-15H2,1-3H3,(H,22,26). The summed E-state index contributed by atoms with van der Waals surface area (Å²) in [4.78, 5) is 21.0. The van der Waals surface area contributed by atoms with Gasteiger partial charge in [-0.25, -0.2) is 9.78 Å². The van der Waals surface area contributed by atoms with Crippen LogP contribution in [0.5, 0.6) is 5.75 Å². The first-order valence-electron chi connectivity index (χ1n) is 10.0. The fourth-order valence-corrected chi connectivity index (χ4v) is 3.22. The van der Waals surface area contributed by atoms with Crippen LogP contribution in [0.15, 0.2) is 28.7 Å². The highest BCUT2D eigenvalue weighted by molar-refractivity contribution is 5.74. The van der Waals surface area contributed by atoms with Gasteiger partial charge in [0, 0.05) is 44.8 Å². The molecule has 2 amide bonds. The molecule has 0 bridgehead atoms. The van der Waals surface area contributed by atoms with Crippen LogP contribution >= 0.6 is 0 Å². The van der Waals surface area contributed by atoms with Gasteiger partial charge in [0.25, 0.3) is 0 Å². The minimum absolute atomic E-state index is 0.0388. The minimum Gasteiger partial charge on any atom is -0.494 e. The van der Waals surface area contributed by atoms with E-state index < -0.39 is 0 Å². The van der Waals surface area contributed by atoms with E-state index in [-0.39, 0.29) is 6.03 Å². The molecule has 0 aliphatic carbocycles. The van der Waals surface area contributed by atoms with Gasteiger partial charge >= 0.3 is 6.03 Å². The number of oxazole rings is 1. The lowest BCUT2D eigenvalue weighted by Crippen LogP contribution is -2.51. The summed E-state index contributed by atoms with van der Waals surface area (Å²) in [6, 6.07) is 7.83. The number of urea groups is 1. The lowest BCUT2D eigenvalue weighted by Gasteiger charge is -2.34. The lowest BCUT2D eigenvalue weighted by molar-refractivity contribution is 0.134. The molecule has 28 heavy (non-hydrogen) atoms. The van der Waals surface area contributed by atoms with Crippen molar-refractivity contribution in [3.8, 4) is 17.2 Å². The monoisotopic (exact) mass is 386 g/mol. The zero-order valence-corrected chi connectivity index (χ0v) is 17.0. The van der Waals surface area contributed by atoms with Crippen molar-refractivity contribution in [3.63, 3.8) is 0 Å². The maximum atomic E-state index is 12.1. The van der Waals surface area contributed by atoms with Crippen LogP contribution in [0.25, 0.3) is 11.5 Å². The van der Waals surface area contributed by atoms with E-state index in [1.807, 2.05) is 43.0 Å². The first-order valence-corrected chi connectivity index (χ1v) is 10.0. The van der Waals surface area contributed by atoms with Gasteiger partial charge in [-0.2, -0.15) is 0 Å². The fraction of sp³-hybridized carbons (Fsp3) is 0.524. The van der Waals surface area contributed by atoms with Crippen molar-refractivity contribution >= 4 is 6.03 Å². The Balaban J connectivity index is 1.56. The van der Waals surface area contributed by atoms with Crippen molar-refractivity contribution in [1.82, 2.24) is 20.1 Å². The van der Waals surface area contributed by atoms with Gasteiger partial charge in [0.15, 0.2) is 0 Å². The van der Waals surface area contributed by atoms with Crippen LogP contribution in [0.2, 0.25) is 0 Å². The summed E-state index contributed by atoms with van der Waals surface area (Å²) in [5.74, 6) is 2.32. The number of rotatable bonds is 7. The van der Waals surface area contributed by atoms with Crippen LogP contribution in [-0.2, 0) is 6.54 Å². The number of aromatic nitrogens is 1. The Kier molecular flexibility index (Phi) is 6.92. The molecule has 0 unspecified atom stereocenters. The highest BCUT2D eigenvalue weighted by Crippen LogP contribution is 2.25. The number of amides is 2. The number of hydrogen-bond donors (Lipinski definition) is 1. The normalized spacial score (nSPS) is 14.9. The van der Waals surface area contributed by atoms with E-state index in [0.29, 0.717) is 12.5 Å². The topological polar surface area (TPSA) is 70.8 Å². The SMILES string of the molecule is CCCNC(=O)N1CCN(Cc2nc(-c3ccc(OCC)cc3)oc2C)CC1. The third kappa shape index (κ3) is 5.04. The second-order valence-corrected chi connectivity index (χ2v) is 6.97. The molecule has 2 aromatic rings. The van der Waals surface area contributed by atoms with Crippen LogP contribution in [0.3, 0.4) is 0 Å². The number of ether oxygens (including phenoxy) is 1. The predicted octanol–water partition coefficient (Wildman–Crippen LogP) is 3.29. The average molecular weight is 386 g/mol. The third-order valence-electron chi connectivity index (χ3n) is 4.86. The number of carbonyl (C=O) groups is 1. The molecule has 0 radical (unpaired) electrons. The van der Waals surface area contributed by atoms with E-state index >= 15 is 0 Å². The first-order chi connectivity index (χ1) is 13.6. The summed E-state index contributed by atoms with van der Waals surface area (Å²) in [6.07, 6.45) is 0.952. The summed E-state index contributed by atoms with van der Waals surface area (Å²) >= 11 is 0. The van der Waals surface area contributed by atoms with E-state index in [2.05, 4.69) is 17.1 Å². The van der Waals surface area contributed by atoms with E-state index in [9.17, 15) is 4.79 Å². The predicted molar refractivity (Wildman–Crippen MR) is 108 cm³/mol. The molecule has 1 aromatic heterocycles. The van der Waals surface area contributed by atoms with Crippen molar-refractivity contribution in [2.24, 2.45) is 0 Å². The van der Waals surface area contributed by atoms with Gasteiger partial charge in [0.1, 0.15) is 11.5 Å². The van der Waals surface area contributed by atoms with Gasteiger partial charge in [-0.05, 0) is 44.5 Å². The van der Waals surface area contributed by atoms with Gasteiger partial charge < -0.3 is 19.4 Å². The van der Waals surface area contributed by atoms with Crippen molar-refractivity contribution in [2.75, 3.05) is 39.3 Å².